The van der Waals surface area contributed by atoms with Crippen LogP contribution in [0.3, 0.4) is 0 Å². The van der Waals surface area contributed by atoms with Gasteiger partial charge in [-0.05, 0) is 38.2 Å². The lowest BCUT2D eigenvalue weighted by molar-refractivity contribution is 0.284. The molecule has 0 radical (unpaired) electrons. The fourth-order valence-electron chi connectivity index (χ4n) is 4.22. The quantitative estimate of drug-likeness (QED) is 0.787. The number of halogens is 1. The van der Waals surface area contributed by atoms with Crippen molar-refractivity contribution in [3.63, 3.8) is 0 Å². The number of anilines is 1. The second kappa shape index (κ2) is 6.39. The number of piperidine rings is 1. The summed E-state index contributed by atoms with van der Waals surface area (Å²) in [6.07, 6.45) is 4.62. The molecular weight excluding hydrogens is 334 g/mol. The van der Waals surface area contributed by atoms with Crippen LogP contribution in [0, 0.1) is 6.92 Å². The van der Waals surface area contributed by atoms with Gasteiger partial charge in [0.15, 0.2) is 0 Å². The van der Waals surface area contributed by atoms with Crippen LogP contribution < -0.4 is 16.8 Å². The van der Waals surface area contributed by atoms with Gasteiger partial charge in [-0.25, -0.2) is 4.68 Å². The molecule has 5 N–H and O–H groups in total. The second-order valence-corrected chi connectivity index (χ2v) is 7.52. The van der Waals surface area contributed by atoms with Gasteiger partial charge in [0.1, 0.15) is 5.82 Å². The zero-order valence-electron chi connectivity index (χ0n) is 14.4. The van der Waals surface area contributed by atoms with E-state index >= 15 is 0 Å². The maximum absolute atomic E-state index is 6.63. The minimum absolute atomic E-state index is 0.327. The van der Waals surface area contributed by atoms with Crippen molar-refractivity contribution in [2.24, 2.45) is 5.73 Å². The van der Waals surface area contributed by atoms with E-state index in [9.17, 15) is 0 Å². The summed E-state index contributed by atoms with van der Waals surface area (Å²) in [4.78, 5) is 0. The fourth-order valence-corrected chi connectivity index (χ4v) is 4.56. The number of hydrogen-bond donors (Lipinski definition) is 3. The minimum atomic E-state index is 0.327. The molecule has 2 aromatic rings. The van der Waals surface area contributed by atoms with Crippen LogP contribution in [0.1, 0.15) is 48.5 Å². The summed E-state index contributed by atoms with van der Waals surface area (Å²) in [5.74, 6) is 0.618. The minimum Gasteiger partial charge on any atom is -0.397 e. The Hall–Kier alpha value is -1.98. The largest absolute Gasteiger partial charge is 0.397 e. The molecule has 1 aromatic carbocycles. The van der Waals surface area contributed by atoms with Crippen LogP contribution in [0.25, 0.3) is 10.7 Å². The number of nitrogens with two attached hydrogens (primary N) is 2. The molecule has 3 heterocycles. The third-order valence-corrected chi connectivity index (χ3v) is 5.85. The molecule has 1 aromatic heterocycles. The Morgan fingerprint density at radius 3 is 2.48 bits per heavy atom. The summed E-state index contributed by atoms with van der Waals surface area (Å²) >= 11 is 6.63. The van der Waals surface area contributed by atoms with Crippen LogP contribution in [0.2, 0.25) is 0 Å². The number of nitrogens with one attached hydrogen (secondary N) is 1. The van der Waals surface area contributed by atoms with Gasteiger partial charge in [0.2, 0.25) is 0 Å². The smallest absolute Gasteiger partial charge is 0.131 e. The Kier molecular flexibility index (Phi) is 4.21. The molecule has 132 valence electrons. The number of aryl methyl sites for hydroxylation is 1. The van der Waals surface area contributed by atoms with Gasteiger partial charge in [-0.1, -0.05) is 41.9 Å². The lowest BCUT2D eigenvalue weighted by atomic mass is 10.00. The highest BCUT2D eigenvalue weighted by molar-refractivity contribution is 6.53. The van der Waals surface area contributed by atoms with Gasteiger partial charge < -0.3 is 16.8 Å². The van der Waals surface area contributed by atoms with E-state index in [-0.39, 0.29) is 0 Å². The van der Waals surface area contributed by atoms with Crippen molar-refractivity contribution in [3.05, 3.63) is 47.2 Å². The first kappa shape index (κ1) is 16.5. The van der Waals surface area contributed by atoms with Crippen LogP contribution >= 0.6 is 11.6 Å². The second-order valence-electron chi connectivity index (χ2n) is 7.15. The van der Waals surface area contributed by atoms with Crippen LogP contribution in [0.5, 0.6) is 0 Å². The van der Waals surface area contributed by atoms with Gasteiger partial charge in [0.25, 0.3) is 0 Å². The maximum Gasteiger partial charge on any atom is 0.131 e. The average molecular weight is 358 g/mol. The normalized spacial score (nSPS) is 26.6. The van der Waals surface area contributed by atoms with Crippen molar-refractivity contribution in [2.75, 3.05) is 5.73 Å². The summed E-state index contributed by atoms with van der Waals surface area (Å²) in [7, 11) is 0. The highest BCUT2D eigenvalue weighted by Gasteiger charge is 2.36. The van der Waals surface area contributed by atoms with Gasteiger partial charge in [0, 0.05) is 12.1 Å². The van der Waals surface area contributed by atoms with E-state index in [1.165, 1.54) is 12.8 Å². The van der Waals surface area contributed by atoms with E-state index in [0.717, 1.165) is 29.7 Å². The highest BCUT2D eigenvalue weighted by Crippen LogP contribution is 2.39. The van der Waals surface area contributed by atoms with E-state index in [2.05, 4.69) is 5.32 Å². The lowest BCUT2D eigenvalue weighted by Gasteiger charge is -2.29. The summed E-state index contributed by atoms with van der Waals surface area (Å²) in [5.41, 5.74) is 15.8. The number of fused-ring (bicyclic) bond motifs is 2. The number of nitrogen functional groups attached to an aromatic ring is 1. The van der Waals surface area contributed by atoms with Crippen molar-refractivity contribution in [2.45, 2.75) is 50.7 Å². The van der Waals surface area contributed by atoms with Crippen LogP contribution in [0.15, 0.2) is 30.3 Å². The SMILES string of the molecule is Cc1nn(C2CC3CCC(C2)N3)c(N)c1/C(Cl)=C(\N)c1ccccc1. The Morgan fingerprint density at radius 2 is 1.84 bits per heavy atom. The molecule has 5 nitrogen and oxygen atoms in total. The molecule has 0 aliphatic carbocycles. The van der Waals surface area contributed by atoms with Crippen molar-refractivity contribution in [3.8, 4) is 0 Å². The Bertz CT molecular complexity index is 799. The molecule has 0 spiro atoms. The van der Waals surface area contributed by atoms with E-state index in [1.54, 1.807) is 0 Å². The zero-order chi connectivity index (χ0) is 17.6. The van der Waals surface area contributed by atoms with Gasteiger partial charge in [-0.15, -0.1) is 0 Å². The van der Waals surface area contributed by atoms with Crippen LogP contribution in [0.4, 0.5) is 5.82 Å². The van der Waals surface area contributed by atoms with E-state index in [1.807, 2.05) is 41.9 Å². The fraction of sp³-hybridized carbons (Fsp3) is 0.421. The van der Waals surface area contributed by atoms with Crippen molar-refractivity contribution in [1.29, 1.82) is 0 Å². The molecule has 25 heavy (non-hydrogen) atoms. The number of aromatic nitrogens is 2. The molecule has 4 rings (SSSR count). The van der Waals surface area contributed by atoms with Crippen molar-refractivity contribution < 1.29 is 0 Å². The first-order chi connectivity index (χ1) is 12.0. The number of hydrogen-bond acceptors (Lipinski definition) is 4. The zero-order valence-corrected chi connectivity index (χ0v) is 15.1. The van der Waals surface area contributed by atoms with Crippen molar-refractivity contribution in [1.82, 2.24) is 15.1 Å². The van der Waals surface area contributed by atoms with Gasteiger partial charge in [-0.3, -0.25) is 0 Å². The molecule has 2 unspecified atom stereocenters. The highest BCUT2D eigenvalue weighted by atomic mass is 35.5. The van der Waals surface area contributed by atoms with Gasteiger partial charge in [-0.2, -0.15) is 5.10 Å². The van der Waals surface area contributed by atoms with E-state index in [0.29, 0.717) is 34.7 Å². The monoisotopic (exact) mass is 357 g/mol. The lowest BCUT2D eigenvalue weighted by Crippen LogP contribution is -2.39. The molecule has 6 heteroatoms. The van der Waals surface area contributed by atoms with Gasteiger partial charge >= 0.3 is 0 Å². The summed E-state index contributed by atoms with van der Waals surface area (Å²) in [5, 5.41) is 8.85. The number of benzene rings is 1. The summed E-state index contributed by atoms with van der Waals surface area (Å²) in [6.45, 7) is 1.94. The molecular formula is C19H24ClN5. The van der Waals surface area contributed by atoms with E-state index < -0.39 is 0 Å². The maximum atomic E-state index is 6.63. The van der Waals surface area contributed by atoms with Crippen LogP contribution in [-0.2, 0) is 0 Å². The third kappa shape index (κ3) is 2.92. The molecule has 2 aliphatic rings. The molecule has 2 bridgehead atoms. The molecule has 2 aliphatic heterocycles. The summed E-state index contributed by atoms with van der Waals surface area (Å²) in [6, 6.07) is 11.2. The topological polar surface area (TPSA) is 81.9 Å². The molecule has 2 atom stereocenters. The van der Waals surface area contributed by atoms with Crippen LogP contribution in [-0.4, -0.2) is 21.9 Å². The number of rotatable bonds is 3. The standard InChI is InChI=1S/C19H24ClN5/c1-11-16(17(20)18(21)12-5-3-2-4-6-12)19(22)25(24-11)15-9-13-7-8-14(10-15)23-13/h2-6,13-15,23H,7-10,21-22H2,1H3/b18-17+. The first-order valence-corrected chi connectivity index (χ1v) is 9.24. The molecule has 2 fully saturated rings. The Morgan fingerprint density at radius 1 is 1.20 bits per heavy atom. The van der Waals surface area contributed by atoms with E-state index in [4.69, 9.17) is 28.2 Å². The molecule has 2 saturated heterocycles. The average Bonchev–Trinajstić information content (AvgIpc) is 3.12. The molecule has 0 saturated carbocycles. The predicted molar refractivity (Wildman–Crippen MR) is 103 cm³/mol. The van der Waals surface area contributed by atoms with Crippen molar-refractivity contribution >= 4 is 28.1 Å². The predicted octanol–water partition coefficient (Wildman–Crippen LogP) is 3.25. The summed E-state index contributed by atoms with van der Waals surface area (Å²) < 4.78 is 1.97. The number of nitrogens with zero attached hydrogens (tertiary/aromatic N) is 2. The Labute approximate surface area is 153 Å². The third-order valence-electron chi connectivity index (χ3n) is 5.46. The van der Waals surface area contributed by atoms with Gasteiger partial charge in [0.05, 0.1) is 28.0 Å². The molecule has 0 amide bonds. The Balaban J connectivity index is 1.71. The first-order valence-electron chi connectivity index (χ1n) is 8.86.